The Labute approximate surface area is 253 Å². The van der Waals surface area contributed by atoms with E-state index < -0.39 is 11.9 Å². The summed E-state index contributed by atoms with van der Waals surface area (Å²) in [5.74, 6) is 0.695. The molecule has 0 radical (unpaired) electrons. The van der Waals surface area contributed by atoms with Gasteiger partial charge in [0.25, 0.3) is 5.91 Å². The molecule has 1 amide bonds. The van der Waals surface area contributed by atoms with Gasteiger partial charge < -0.3 is 24.4 Å². The molecule has 0 atom stereocenters. The zero-order chi connectivity index (χ0) is 30.0. The second-order valence-corrected chi connectivity index (χ2v) is 10.9. The summed E-state index contributed by atoms with van der Waals surface area (Å²) in [7, 11) is 3.48. The first kappa shape index (κ1) is 29.9. The number of carbonyl (C=O) groups excluding carboxylic acids is 2. The molecule has 0 aromatic heterocycles. The van der Waals surface area contributed by atoms with E-state index in [2.05, 4.69) is 17.3 Å². The Kier molecular flexibility index (Phi) is 10.1. The highest BCUT2D eigenvalue weighted by Crippen LogP contribution is 2.30. The molecule has 1 aliphatic rings. The van der Waals surface area contributed by atoms with Crippen LogP contribution < -0.4 is 14.8 Å². The number of piperidine rings is 1. The first-order valence-electron chi connectivity index (χ1n) is 14.7. The van der Waals surface area contributed by atoms with Crippen LogP contribution in [0.25, 0.3) is 11.1 Å². The molecule has 4 aromatic carbocycles. The van der Waals surface area contributed by atoms with E-state index >= 15 is 0 Å². The summed E-state index contributed by atoms with van der Waals surface area (Å²) in [5, 5.41) is 2.95. The van der Waals surface area contributed by atoms with Crippen molar-refractivity contribution in [3.05, 3.63) is 114 Å². The lowest BCUT2D eigenvalue weighted by atomic mass is 9.94. The maximum atomic E-state index is 13.9. The molecule has 7 heteroatoms. The van der Waals surface area contributed by atoms with Gasteiger partial charge in [-0.3, -0.25) is 4.79 Å². The number of amides is 1. The maximum absolute atomic E-state index is 13.9. The van der Waals surface area contributed by atoms with Crippen LogP contribution in [-0.4, -0.2) is 50.6 Å². The molecule has 1 heterocycles. The number of hydrogen-bond acceptors (Lipinski definition) is 6. The van der Waals surface area contributed by atoms with Crippen LogP contribution in [-0.2, 0) is 11.3 Å². The molecule has 1 saturated heterocycles. The number of ether oxygens (including phenoxy) is 3. The molecule has 1 aliphatic heterocycles. The molecular formula is C36H38N2O5. The predicted molar refractivity (Wildman–Crippen MR) is 169 cm³/mol. The van der Waals surface area contributed by atoms with Crippen molar-refractivity contribution in [1.82, 2.24) is 4.90 Å². The van der Waals surface area contributed by atoms with Crippen LogP contribution in [0.1, 0.15) is 45.5 Å². The van der Waals surface area contributed by atoms with Crippen molar-refractivity contribution in [3.63, 3.8) is 0 Å². The third-order valence-corrected chi connectivity index (χ3v) is 7.85. The normalized spacial score (nSPS) is 13.7. The first-order valence-corrected chi connectivity index (χ1v) is 14.7. The van der Waals surface area contributed by atoms with Crippen LogP contribution in [0.15, 0.2) is 97.1 Å². The summed E-state index contributed by atoms with van der Waals surface area (Å²) < 4.78 is 17.3. The van der Waals surface area contributed by atoms with Gasteiger partial charge >= 0.3 is 5.97 Å². The largest absolute Gasteiger partial charge is 0.494 e. The van der Waals surface area contributed by atoms with E-state index in [9.17, 15) is 9.59 Å². The van der Waals surface area contributed by atoms with E-state index in [0.717, 1.165) is 36.2 Å². The lowest BCUT2D eigenvalue weighted by Gasteiger charge is -2.28. The Balaban J connectivity index is 1.39. The molecule has 5 rings (SSSR count). The van der Waals surface area contributed by atoms with Crippen molar-refractivity contribution in [2.75, 3.05) is 39.2 Å². The van der Waals surface area contributed by atoms with Crippen molar-refractivity contribution < 1.29 is 23.8 Å². The second-order valence-electron chi connectivity index (χ2n) is 10.9. The van der Waals surface area contributed by atoms with Crippen molar-refractivity contribution in [2.24, 2.45) is 5.92 Å². The van der Waals surface area contributed by atoms with Gasteiger partial charge in [-0.1, -0.05) is 66.7 Å². The highest BCUT2D eigenvalue weighted by Gasteiger charge is 2.21. The second kappa shape index (κ2) is 14.5. The zero-order valence-electron chi connectivity index (χ0n) is 24.8. The Morgan fingerprint density at radius 3 is 2.26 bits per heavy atom. The summed E-state index contributed by atoms with van der Waals surface area (Å²) in [4.78, 5) is 28.8. The minimum atomic E-state index is -0.540. The van der Waals surface area contributed by atoms with Gasteiger partial charge in [0, 0.05) is 0 Å². The summed E-state index contributed by atoms with van der Waals surface area (Å²) in [6, 6.07) is 30.1. The van der Waals surface area contributed by atoms with Crippen LogP contribution in [0.3, 0.4) is 0 Å². The van der Waals surface area contributed by atoms with Crippen LogP contribution in [0, 0.1) is 5.92 Å². The van der Waals surface area contributed by atoms with E-state index in [1.54, 1.807) is 24.3 Å². The third-order valence-electron chi connectivity index (χ3n) is 7.85. The fraction of sp³-hybridized carbons (Fsp3) is 0.278. The molecular weight excluding hydrogens is 540 g/mol. The van der Waals surface area contributed by atoms with Gasteiger partial charge in [-0.25, -0.2) is 4.79 Å². The summed E-state index contributed by atoms with van der Waals surface area (Å²) in [6.45, 7) is 3.10. The minimum absolute atomic E-state index is 0.257. The average Bonchev–Trinajstić information content (AvgIpc) is 3.05. The van der Waals surface area contributed by atoms with E-state index in [0.29, 0.717) is 41.9 Å². The number of carbonyl (C=O) groups is 2. The lowest BCUT2D eigenvalue weighted by molar-refractivity contribution is 0.0602. The van der Waals surface area contributed by atoms with E-state index in [1.165, 1.54) is 20.0 Å². The number of rotatable bonds is 11. The number of nitrogens with zero attached hydrogens (tertiary/aromatic N) is 1. The number of anilines is 1. The number of hydrogen-bond donors (Lipinski definition) is 1. The molecule has 0 saturated carbocycles. The average molecular weight is 579 g/mol. The van der Waals surface area contributed by atoms with Crippen LogP contribution in [0.4, 0.5) is 5.69 Å². The molecule has 1 N–H and O–H groups in total. The van der Waals surface area contributed by atoms with Crippen molar-refractivity contribution >= 4 is 17.6 Å². The van der Waals surface area contributed by atoms with E-state index in [4.69, 9.17) is 14.2 Å². The molecule has 0 bridgehead atoms. The van der Waals surface area contributed by atoms with Crippen LogP contribution in [0.2, 0.25) is 0 Å². The summed E-state index contributed by atoms with van der Waals surface area (Å²) >= 11 is 0. The van der Waals surface area contributed by atoms with Gasteiger partial charge in [-0.2, -0.15) is 0 Å². The molecule has 1 fully saturated rings. The lowest BCUT2D eigenvalue weighted by Crippen LogP contribution is -2.30. The van der Waals surface area contributed by atoms with E-state index in [-0.39, 0.29) is 5.56 Å². The first-order chi connectivity index (χ1) is 21.0. The predicted octanol–water partition coefficient (Wildman–Crippen LogP) is 7.08. The third kappa shape index (κ3) is 8.02. The number of esters is 1. The monoisotopic (exact) mass is 578 g/mol. The number of benzene rings is 4. The minimum Gasteiger partial charge on any atom is -0.494 e. The Hall–Kier alpha value is -4.62. The van der Waals surface area contributed by atoms with Crippen LogP contribution in [0.5, 0.6) is 11.5 Å². The highest BCUT2D eigenvalue weighted by molar-refractivity contribution is 6.10. The van der Waals surface area contributed by atoms with Crippen molar-refractivity contribution in [2.45, 2.75) is 25.9 Å². The quantitative estimate of drug-likeness (QED) is 0.192. The number of likely N-dealkylation sites (tertiary alicyclic amines) is 1. The number of nitrogens with one attached hydrogen (secondary N) is 1. The Morgan fingerprint density at radius 2 is 1.53 bits per heavy atom. The Bertz CT molecular complexity index is 1520. The van der Waals surface area contributed by atoms with Crippen molar-refractivity contribution in [3.8, 4) is 22.6 Å². The molecule has 7 nitrogen and oxygen atoms in total. The van der Waals surface area contributed by atoms with Crippen molar-refractivity contribution in [1.29, 1.82) is 0 Å². The highest BCUT2D eigenvalue weighted by atomic mass is 16.5. The fourth-order valence-corrected chi connectivity index (χ4v) is 5.27. The maximum Gasteiger partial charge on any atom is 0.339 e. The molecule has 0 spiro atoms. The number of methoxy groups -OCH3 is 1. The summed E-state index contributed by atoms with van der Waals surface area (Å²) in [5.41, 5.74) is 3.72. The van der Waals surface area contributed by atoms with Crippen LogP contribution >= 0.6 is 0 Å². The van der Waals surface area contributed by atoms with Gasteiger partial charge in [0.05, 0.1) is 30.5 Å². The fourth-order valence-electron chi connectivity index (χ4n) is 5.27. The molecule has 0 unspecified atom stereocenters. The van der Waals surface area contributed by atoms with Gasteiger partial charge in [-0.05, 0) is 92.3 Å². The topological polar surface area (TPSA) is 77.1 Å². The Morgan fingerprint density at radius 1 is 0.814 bits per heavy atom. The molecule has 43 heavy (non-hydrogen) atoms. The van der Waals surface area contributed by atoms with Gasteiger partial charge in [0.15, 0.2) is 0 Å². The van der Waals surface area contributed by atoms with E-state index in [1.807, 2.05) is 72.8 Å². The summed E-state index contributed by atoms with van der Waals surface area (Å²) in [6.07, 6.45) is 3.31. The molecule has 4 aromatic rings. The molecule has 222 valence electrons. The molecule has 0 aliphatic carbocycles. The van der Waals surface area contributed by atoms with Gasteiger partial charge in [-0.15, -0.1) is 0 Å². The standard InChI is InChI=1S/C36H38N2O5/c1-38-20-17-26(18-21-38)19-22-42-30-14-16-34(43-25-27-9-5-3-6-10-27)32(24-30)35(39)37-33-23-29(28-11-7-4-8-12-28)13-15-31(33)36(40)41-2/h3-16,23-24,26H,17-22,25H2,1-2H3,(H,37,39). The zero-order valence-corrected chi connectivity index (χ0v) is 24.8. The van der Waals surface area contributed by atoms with Gasteiger partial charge in [0.1, 0.15) is 18.1 Å². The SMILES string of the molecule is COC(=O)c1ccc(-c2ccccc2)cc1NC(=O)c1cc(OCCC2CCN(C)CC2)ccc1OCc1ccccc1. The smallest absolute Gasteiger partial charge is 0.339 e. The van der Waals surface area contributed by atoms with Gasteiger partial charge in [0.2, 0.25) is 0 Å².